The monoisotopic (exact) mass is 296 g/mol. The van der Waals surface area contributed by atoms with Gasteiger partial charge >= 0.3 is 0 Å². The smallest absolute Gasteiger partial charge is 0.194 e. The molecule has 2 aliphatic rings. The molecule has 0 spiro atoms. The fraction of sp³-hybridized carbons (Fsp3) is 0.938. The topological polar surface area (TPSA) is 51.1 Å². The van der Waals surface area contributed by atoms with E-state index in [9.17, 15) is 5.11 Å². The fourth-order valence-corrected chi connectivity index (χ4v) is 3.28. The molecule has 1 atom stereocenters. The molecular weight excluding hydrogens is 264 g/mol. The Balaban J connectivity index is 1.80. The van der Waals surface area contributed by atoms with Crippen LogP contribution in [-0.2, 0) is 0 Å². The van der Waals surface area contributed by atoms with Crippen molar-refractivity contribution in [1.82, 2.24) is 15.1 Å². The van der Waals surface area contributed by atoms with Crippen molar-refractivity contribution < 1.29 is 5.11 Å². The van der Waals surface area contributed by atoms with Crippen molar-refractivity contribution in [3.05, 3.63) is 0 Å². The van der Waals surface area contributed by atoms with Gasteiger partial charge in [-0.05, 0) is 58.2 Å². The van der Waals surface area contributed by atoms with Crippen LogP contribution in [-0.4, -0.2) is 72.8 Å². The normalized spacial score (nSPS) is 25.6. The third-order valence-corrected chi connectivity index (χ3v) is 4.54. The Morgan fingerprint density at radius 3 is 2.52 bits per heavy atom. The minimum Gasteiger partial charge on any atom is -0.391 e. The predicted octanol–water partition coefficient (Wildman–Crippen LogP) is 1.14. The van der Waals surface area contributed by atoms with Crippen LogP contribution in [0.4, 0.5) is 0 Å². The maximum Gasteiger partial charge on any atom is 0.194 e. The number of aliphatic hydroxyl groups excluding tert-OH is 1. The fourth-order valence-electron chi connectivity index (χ4n) is 3.28. The number of likely N-dealkylation sites (tertiary alicyclic amines) is 2. The Bertz CT molecular complexity index is 326. The predicted molar refractivity (Wildman–Crippen MR) is 87.6 cm³/mol. The standard InChI is InChI=1S/C16H32N4O/c1-3-8-19-9-5-14(6-10-19)12-18-16(17-4-2)20-11-7-15(21)13-20/h14-15,21H,3-13H2,1-2H3,(H,17,18)/t15-/m1/s1. The minimum absolute atomic E-state index is 0.189. The molecule has 2 aliphatic heterocycles. The molecule has 2 rings (SSSR count). The molecule has 2 N–H and O–H groups in total. The first kappa shape index (κ1) is 16.6. The van der Waals surface area contributed by atoms with Crippen molar-refractivity contribution in [2.45, 2.75) is 45.6 Å². The van der Waals surface area contributed by atoms with Crippen molar-refractivity contribution in [1.29, 1.82) is 0 Å². The van der Waals surface area contributed by atoms with E-state index in [1.165, 1.54) is 38.9 Å². The summed E-state index contributed by atoms with van der Waals surface area (Å²) in [6.07, 6.45) is 4.47. The van der Waals surface area contributed by atoms with Gasteiger partial charge < -0.3 is 20.2 Å². The lowest BCUT2D eigenvalue weighted by Gasteiger charge is -2.31. The Hall–Kier alpha value is -0.810. The van der Waals surface area contributed by atoms with Crippen LogP contribution in [0.3, 0.4) is 0 Å². The van der Waals surface area contributed by atoms with E-state index in [0.29, 0.717) is 0 Å². The molecule has 5 heteroatoms. The van der Waals surface area contributed by atoms with Gasteiger partial charge in [0.05, 0.1) is 6.10 Å². The molecule has 2 heterocycles. The van der Waals surface area contributed by atoms with Crippen LogP contribution in [0.2, 0.25) is 0 Å². The summed E-state index contributed by atoms with van der Waals surface area (Å²) < 4.78 is 0. The van der Waals surface area contributed by atoms with Gasteiger partial charge in [-0.2, -0.15) is 0 Å². The number of hydrogen-bond donors (Lipinski definition) is 2. The Morgan fingerprint density at radius 1 is 1.19 bits per heavy atom. The molecule has 5 nitrogen and oxygen atoms in total. The second kappa shape index (κ2) is 8.59. The van der Waals surface area contributed by atoms with Crippen molar-refractivity contribution in [2.24, 2.45) is 10.9 Å². The molecule has 0 radical (unpaired) electrons. The Kier molecular flexibility index (Phi) is 6.77. The van der Waals surface area contributed by atoms with Gasteiger partial charge in [-0.3, -0.25) is 4.99 Å². The number of β-amino-alcohol motifs (C(OH)–C–C–N with tert-alkyl or cyclic N) is 1. The third-order valence-electron chi connectivity index (χ3n) is 4.54. The van der Waals surface area contributed by atoms with E-state index in [4.69, 9.17) is 4.99 Å². The number of nitrogens with zero attached hydrogens (tertiary/aromatic N) is 3. The highest BCUT2D eigenvalue weighted by Crippen LogP contribution is 2.18. The first-order valence-electron chi connectivity index (χ1n) is 8.66. The van der Waals surface area contributed by atoms with E-state index in [1.54, 1.807) is 0 Å². The number of aliphatic imine (C=N–C) groups is 1. The lowest BCUT2D eigenvalue weighted by atomic mass is 9.97. The number of piperidine rings is 1. The van der Waals surface area contributed by atoms with Gasteiger partial charge in [-0.1, -0.05) is 6.92 Å². The summed E-state index contributed by atoms with van der Waals surface area (Å²) in [6, 6.07) is 0. The van der Waals surface area contributed by atoms with E-state index in [2.05, 4.69) is 29.0 Å². The molecule has 0 aliphatic carbocycles. The van der Waals surface area contributed by atoms with Gasteiger partial charge in [0, 0.05) is 26.2 Å². The summed E-state index contributed by atoms with van der Waals surface area (Å²) in [5, 5.41) is 13.1. The van der Waals surface area contributed by atoms with E-state index >= 15 is 0 Å². The lowest BCUT2D eigenvalue weighted by molar-refractivity contribution is 0.185. The number of hydrogen-bond acceptors (Lipinski definition) is 3. The summed E-state index contributed by atoms with van der Waals surface area (Å²) in [5.41, 5.74) is 0. The molecule has 122 valence electrons. The average molecular weight is 296 g/mol. The van der Waals surface area contributed by atoms with Crippen LogP contribution in [0.5, 0.6) is 0 Å². The molecule has 0 unspecified atom stereocenters. The highest BCUT2D eigenvalue weighted by Gasteiger charge is 2.23. The number of nitrogens with one attached hydrogen (secondary N) is 1. The molecule has 0 aromatic rings. The second-order valence-corrected chi connectivity index (χ2v) is 6.37. The van der Waals surface area contributed by atoms with Gasteiger partial charge in [0.25, 0.3) is 0 Å². The molecule has 0 saturated carbocycles. The van der Waals surface area contributed by atoms with Crippen molar-refractivity contribution >= 4 is 5.96 Å². The van der Waals surface area contributed by atoms with E-state index in [0.717, 1.165) is 44.5 Å². The summed E-state index contributed by atoms with van der Waals surface area (Å²) in [6.45, 7) is 11.5. The van der Waals surface area contributed by atoms with Crippen LogP contribution in [0.25, 0.3) is 0 Å². The quantitative estimate of drug-likeness (QED) is 0.590. The molecule has 2 fully saturated rings. The first-order valence-corrected chi connectivity index (χ1v) is 8.66. The van der Waals surface area contributed by atoms with Crippen LogP contribution in [0.1, 0.15) is 39.5 Å². The van der Waals surface area contributed by atoms with Crippen molar-refractivity contribution in [3.8, 4) is 0 Å². The van der Waals surface area contributed by atoms with Gasteiger partial charge in [-0.25, -0.2) is 0 Å². The van der Waals surface area contributed by atoms with Gasteiger partial charge in [-0.15, -0.1) is 0 Å². The minimum atomic E-state index is -0.189. The number of aliphatic hydroxyl groups is 1. The summed E-state index contributed by atoms with van der Waals surface area (Å²) in [5.74, 6) is 1.71. The van der Waals surface area contributed by atoms with E-state index < -0.39 is 0 Å². The first-order chi connectivity index (χ1) is 10.2. The molecule has 21 heavy (non-hydrogen) atoms. The lowest BCUT2D eigenvalue weighted by Crippen LogP contribution is -2.41. The maximum atomic E-state index is 9.68. The molecular formula is C16H32N4O. The number of rotatable bonds is 5. The summed E-state index contributed by atoms with van der Waals surface area (Å²) in [4.78, 5) is 9.59. The zero-order chi connectivity index (χ0) is 15.1. The highest BCUT2D eigenvalue weighted by molar-refractivity contribution is 5.80. The third kappa shape index (κ3) is 5.15. The van der Waals surface area contributed by atoms with Crippen LogP contribution >= 0.6 is 0 Å². The van der Waals surface area contributed by atoms with E-state index in [-0.39, 0.29) is 6.10 Å². The Morgan fingerprint density at radius 2 is 1.95 bits per heavy atom. The zero-order valence-corrected chi connectivity index (χ0v) is 13.7. The summed E-state index contributed by atoms with van der Waals surface area (Å²) in [7, 11) is 0. The molecule has 0 aromatic heterocycles. The van der Waals surface area contributed by atoms with Crippen molar-refractivity contribution in [2.75, 3.05) is 45.8 Å². The van der Waals surface area contributed by atoms with Crippen LogP contribution in [0.15, 0.2) is 4.99 Å². The average Bonchev–Trinajstić information content (AvgIpc) is 2.92. The van der Waals surface area contributed by atoms with Crippen molar-refractivity contribution in [3.63, 3.8) is 0 Å². The molecule has 0 aromatic carbocycles. The SMILES string of the molecule is CCCN1CCC(CN=C(NCC)N2CC[C@@H](O)C2)CC1. The van der Waals surface area contributed by atoms with Gasteiger partial charge in [0.2, 0.25) is 0 Å². The van der Waals surface area contributed by atoms with Gasteiger partial charge in [0.15, 0.2) is 5.96 Å². The Labute approximate surface area is 129 Å². The highest BCUT2D eigenvalue weighted by atomic mass is 16.3. The molecule has 0 bridgehead atoms. The number of guanidine groups is 1. The largest absolute Gasteiger partial charge is 0.391 e. The van der Waals surface area contributed by atoms with E-state index in [1.807, 2.05) is 0 Å². The zero-order valence-electron chi connectivity index (χ0n) is 13.7. The molecule has 0 amide bonds. The second-order valence-electron chi connectivity index (χ2n) is 6.37. The molecule has 2 saturated heterocycles. The van der Waals surface area contributed by atoms with Gasteiger partial charge in [0.1, 0.15) is 0 Å². The van der Waals surface area contributed by atoms with Crippen LogP contribution < -0.4 is 5.32 Å². The van der Waals surface area contributed by atoms with Crippen LogP contribution in [0, 0.1) is 5.92 Å². The maximum absolute atomic E-state index is 9.68. The summed E-state index contributed by atoms with van der Waals surface area (Å²) >= 11 is 0.